The summed E-state index contributed by atoms with van der Waals surface area (Å²) < 4.78 is 17.7. The minimum absolute atomic E-state index is 0.0278. The lowest BCUT2D eigenvalue weighted by Gasteiger charge is -2.02. The molecule has 0 radical (unpaired) electrons. The number of halogens is 1. The van der Waals surface area contributed by atoms with Gasteiger partial charge in [0, 0.05) is 5.56 Å². The average molecular weight is 255 g/mol. The van der Waals surface area contributed by atoms with Crippen LogP contribution in [0, 0.1) is 5.82 Å². The number of hydrogen-bond donors (Lipinski definition) is 2. The molecule has 0 aliphatic heterocycles. The predicted molar refractivity (Wildman–Crippen MR) is 61.7 cm³/mol. The lowest BCUT2D eigenvalue weighted by Crippen LogP contribution is -2.00. The van der Waals surface area contributed by atoms with Gasteiger partial charge in [-0.1, -0.05) is 0 Å². The number of thiol groups is 1. The summed E-state index contributed by atoms with van der Waals surface area (Å²) in [5, 5.41) is 8.96. The topological polar surface area (TPSA) is 50.2 Å². The number of rotatable bonds is 2. The van der Waals surface area contributed by atoms with E-state index in [0.717, 1.165) is 23.7 Å². The molecule has 0 saturated heterocycles. The van der Waals surface area contributed by atoms with E-state index >= 15 is 0 Å². The quantitative estimate of drug-likeness (QED) is 0.811. The number of carboxylic acids is 1. The Morgan fingerprint density at radius 2 is 2.19 bits per heavy atom. The second-order valence-electron chi connectivity index (χ2n) is 3.05. The first-order valence-corrected chi connectivity index (χ1v) is 5.49. The van der Waals surface area contributed by atoms with Crippen molar-refractivity contribution in [1.82, 2.24) is 4.37 Å². The van der Waals surface area contributed by atoms with Crippen molar-refractivity contribution in [3.63, 3.8) is 0 Å². The third-order valence-electron chi connectivity index (χ3n) is 1.99. The maximum Gasteiger partial charge on any atom is 0.336 e. The number of aromatic carboxylic acids is 1. The largest absolute Gasteiger partial charge is 0.478 e. The summed E-state index contributed by atoms with van der Waals surface area (Å²) in [4.78, 5) is 10.9. The zero-order chi connectivity index (χ0) is 11.7. The zero-order valence-corrected chi connectivity index (χ0v) is 9.56. The fraction of sp³-hybridized carbons (Fsp3) is 0. The van der Waals surface area contributed by atoms with Gasteiger partial charge in [0.2, 0.25) is 0 Å². The molecule has 0 unspecified atom stereocenters. The molecule has 3 nitrogen and oxygen atoms in total. The molecule has 0 fully saturated rings. The molecule has 0 aliphatic carbocycles. The number of benzene rings is 1. The molecule has 82 valence electrons. The molecule has 1 aromatic heterocycles. The summed E-state index contributed by atoms with van der Waals surface area (Å²) in [5.41, 5.74) is 0.719. The van der Waals surface area contributed by atoms with E-state index in [-0.39, 0.29) is 11.1 Å². The van der Waals surface area contributed by atoms with Crippen LogP contribution in [0.3, 0.4) is 0 Å². The Bertz CT molecular complexity index is 554. The minimum atomic E-state index is -1.11. The molecule has 0 spiro atoms. The van der Waals surface area contributed by atoms with Crippen LogP contribution in [-0.2, 0) is 0 Å². The van der Waals surface area contributed by atoms with Crippen LogP contribution in [0.5, 0.6) is 0 Å². The monoisotopic (exact) mass is 255 g/mol. The Morgan fingerprint density at radius 3 is 2.75 bits per heavy atom. The lowest BCUT2D eigenvalue weighted by molar-refractivity contribution is 0.0697. The molecule has 2 aromatic rings. The van der Waals surface area contributed by atoms with E-state index in [1.165, 1.54) is 6.07 Å². The van der Waals surface area contributed by atoms with Crippen molar-refractivity contribution < 1.29 is 14.3 Å². The van der Waals surface area contributed by atoms with Crippen molar-refractivity contribution in [2.75, 3.05) is 0 Å². The molecule has 16 heavy (non-hydrogen) atoms. The molecule has 0 atom stereocenters. The molecule has 0 amide bonds. The maximum absolute atomic E-state index is 13.1. The smallest absolute Gasteiger partial charge is 0.336 e. The van der Waals surface area contributed by atoms with E-state index in [1.807, 2.05) is 0 Å². The normalized spacial score (nSPS) is 10.4. The van der Waals surface area contributed by atoms with Gasteiger partial charge in [-0.25, -0.2) is 9.18 Å². The highest BCUT2D eigenvalue weighted by atomic mass is 32.2. The molecular weight excluding hydrogens is 249 g/mol. The van der Waals surface area contributed by atoms with Crippen LogP contribution in [0.1, 0.15) is 10.4 Å². The van der Waals surface area contributed by atoms with Gasteiger partial charge in [0.15, 0.2) is 0 Å². The van der Waals surface area contributed by atoms with Crippen LogP contribution in [0.4, 0.5) is 4.39 Å². The molecule has 1 N–H and O–H groups in total. The van der Waals surface area contributed by atoms with Crippen LogP contribution < -0.4 is 0 Å². The van der Waals surface area contributed by atoms with Gasteiger partial charge >= 0.3 is 5.97 Å². The highest BCUT2D eigenvalue weighted by Crippen LogP contribution is 2.27. The van der Waals surface area contributed by atoms with E-state index in [0.29, 0.717) is 9.90 Å². The molecule has 0 aliphatic rings. The first-order chi connectivity index (χ1) is 7.58. The number of aromatic nitrogens is 1. The molecule has 0 saturated carbocycles. The summed E-state index contributed by atoms with van der Waals surface area (Å²) in [6, 6.07) is 5.10. The van der Waals surface area contributed by atoms with Crippen molar-refractivity contribution in [3.05, 3.63) is 35.6 Å². The molecule has 6 heteroatoms. The SMILES string of the molecule is O=C(O)c1ccc(F)cc1-c1cc(S)sn1. The summed E-state index contributed by atoms with van der Waals surface area (Å²) >= 11 is 5.21. The zero-order valence-electron chi connectivity index (χ0n) is 7.85. The van der Waals surface area contributed by atoms with Gasteiger partial charge in [-0.15, -0.1) is 12.6 Å². The van der Waals surface area contributed by atoms with Gasteiger partial charge in [-0.3, -0.25) is 0 Å². The minimum Gasteiger partial charge on any atom is -0.478 e. The van der Waals surface area contributed by atoms with Crippen molar-refractivity contribution in [2.45, 2.75) is 4.21 Å². The van der Waals surface area contributed by atoms with Crippen LogP contribution in [0.15, 0.2) is 28.5 Å². The molecular formula is C10H6FNO2S2. The highest BCUT2D eigenvalue weighted by molar-refractivity contribution is 7.82. The first-order valence-electron chi connectivity index (χ1n) is 4.27. The van der Waals surface area contributed by atoms with Gasteiger partial charge in [-0.05, 0) is 35.8 Å². The number of hydrogen-bond acceptors (Lipinski definition) is 4. The lowest BCUT2D eigenvalue weighted by atomic mass is 10.0. The van der Waals surface area contributed by atoms with Crippen molar-refractivity contribution in [1.29, 1.82) is 0 Å². The average Bonchev–Trinajstić information content (AvgIpc) is 2.64. The van der Waals surface area contributed by atoms with E-state index in [9.17, 15) is 9.18 Å². The summed E-state index contributed by atoms with van der Waals surface area (Å²) in [7, 11) is 0. The second kappa shape index (κ2) is 4.23. The number of carboxylic acid groups (broad SMARTS) is 1. The van der Waals surface area contributed by atoms with Crippen LogP contribution in [0.25, 0.3) is 11.3 Å². The Labute approximate surface area is 100 Å². The molecule has 1 heterocycles. The van der Waals surface area contributed by atoms with E-state index in [4.69, 9.17) is 5.11 Å². The Hall–Kier alpha value is -1.40. The molecule has 2 rings (SSSR count). The number of carbonyl (C=O) groups is 1. The van der Waals surface area contributed by atoms with E-state index in [1.54, 1.807) is 6.07 Å². The summed E-state index contributed by atoms with van der Waals surface area (Å²) in [5.74, 6) is -1.60. The first kappa shape index (κ1) is 11.1. The maximum atomic E-state index is 13.1. The summed E-state index contributed by atoms with van der Waals surface area (Å²) in [6.45, 7) is 0. The van der Waals surface area contributed by atoms with Crippen molar-refractivity contribution >= 4 is 30.1 Å². The Kier molecular flexibility index (Phi) is 2.93. The van der Waals surface area contributed by atoms with Gasteiger partial charge in [-0.2, -0.15) is 4.37 Å². The third-order valence-corrected chi connectivity index (χ3v) is 2.95. The second-order valence-corrected chi connectivity index (χ2v) is 4.63. The highest BCUT2D eigenvalue weighted by Gasteiger charge is 2.14. The standard InChI is InChI=1S/C10H6FNO2S2/c11-5-1-2-6(10(13)14)7(3-5)8-4-9(15)16-12-8/h1-4,15H,(H,13,14). The predicted octanol–water partition coefficient (Wildman–Crippen LogP) is 2.94. The molecule has 1 aromatic carbocycles. The van der Waals surface area contributed by atoms with Gasteiger partial charge in [0.1, 0.15) is 5.82 Å². The van der Waals surface area contributed by atoms with Gasteiger partial charge in [0.05, 0.1) is 15.5 Å². The van der Waals surface area contributed by atoms with E-state index < -0.39 is 11.8 Å². The fourth-order valence-electron chi connectivity index (χ4n) is 1.31. The Balaban J connectivity index is 2.62. The summed E-state index contributed by atoms with van der Waals surface area (Å²) in [6.07, 6.45) is 0. The van der Waals surface area contributed by atoms with Crippen LogP contribution in [0.2, 0.25) is 0 Å². The van der Waals surface area contributed by atoms with Crippen molar-refractivity contribution in [2.24, 2.45) is 0 Å². The van der Waals surface area contributed by atoms with Crippen LogP contribution >= 0.6 is 24.2 Å². The molecule has 0 bridgehead atoms. The van der Waals surface area contributed by atoms with Crippen LogP contribution in [-0.4, -0.2) is 15.4 Å². The third kappa shape index (κ3) is 2.07. The van der Waals surface area contributed by atoms with E-state index in [2.05, 4.69) is 17.0 Å². The Morgan fingerprint density at radius 1 is 1.44 bits per heavy atom. The fourth-order valence-corrected chi connectivity index (χ4v) is 2.06. The van der Waals surface area contributed by atoms with Gasteiger partial charge in [0.25, 0.3) is 0 Å². The number of nitrogens with zero attached hydrogens (tertiary/aromatic N) is 1. The van der Waals surface area contributed by atoms with Crippen molar-refractivity contribution in [3.8, 4) is 11.3 Å². The van der Waals surface area contributed by atoms with Gasteiger partial charge < -0.3 is 5.11 Å².